The molecule has 0 atom stereocenters. The molecule has 4 heterocycles. The third-order valence-corrected chi connectivity index (χ3v) is 6.25. The second kappa shape index (κ2) is 9.96. The summed E-state index contributed by atoms with van der Waals surface area (Å²) in [6, 6.07) is 5.52. The Balaban J connectivity index is 1.37. The number of amides is 2. The van der Waals surface area contributed by atoms with Crippen LogP contribution in [0.15, 0.2) is 43.0 Å². The molecule has 0 radical (unpaired) electrons. The number of piperidine rings is 1. The van der Waals surface area contributed by atoms with Crippen molar-refractivity contribution < 1.29 is 19.1 Å². The number of fused-ring (bicyclic) bond motifs is 2. The number of ether oxygens (including phenoxy) is 2. The second-order valence-corrected chi connectivity index (χ2v) is 10.8. The molecule has 11 nitrogen and oxygen atoms in total. The molecule has 1 aliphatic rings. The van der Waals surface area contributed by atoms with Crippen molar-refractivity contribution in [3.8, 4) is 5.75 Å². The molecular weight excluding hydrogens is 486 g/mol. The Morgan fingerprint density at radius 1 is 1.16 bits per heavy atom. The maximum absolute atomic E-state index is 13.4. The number of hydrogen-bond donors (Lipinski definition) is 1. The summed E-state index contributed by atoms with van der Waals surface area (Å²) in [5.74, 6) is 0.140. The van der Waals surface area contributed by atoms with Crippen LogP contribution in [0, 0.1) is 0 Å². The molecular formula is C27H33N7O4. The molecule has 0 spiro atoms. The van der Waals surface area contributed by atoms with Gasteiger partial charge in [0.05, 0.1) is 29.4 Å². The molecule has 0 aliphatic carbocycles. The highest BCUT2D eigenvalue weighted by Crippen LogP contribution is 2.30. The van der Waals surface area contributed by atoms with Gasteiger partial charge in [0.1, 0.15) is 17.0 Å². The average molecular weight is 520 g/mol. The molecule has 0 saturated carbocycles. The van der Waals surface area contributed by atoms with Gasteiger partial charge in [0.2, 0.25) is 0 Å². The van der Waals surface area contributed by atoms with E-state index >= 15 is 0 Å². The summed E-state index contributed by atoms with van der Waals surface area (Å²) >= 11 is 0. The third-order valence-electron chi connectivity index (χ3n) is 6.25. The van der Waals surface area contributed by atoms with Crippen LogP contribution in [0.3, 0.4) is 0 Å². The van der Waals surface area contributed by atoms with Gasteiger partial charge in [0.25, 0.3) is 5.91 Å². The lowest BCUT2D eigenvalue weighted by atomic mass is 10.1. The number of carbonyl (C=O) groups is 2. The molecule has 5 rings (SSSR count). The van der Waals surface area contributed by atoms with Crippen molar-refractivity contribution >= 4 is 34.2 Å². The van der Waals surface area contributed by atoms with E-state index < -0.39 is 5.60 Å². The molecule has 0 unspecified atom stereocenters. The molecule has 1 aliphatic heterocycles. The first-order chi connectivity index (χ1) is 18.1. The Labute approximate surface area is 220 Å². The fourth-order valence-corrected chi connectivity index (χ4v) is 4.53. The van der Waals surface area contributed by atoms with Crippen molar-refractivity contribution in [3.05, 3.63) is 48.5 Å². The van der Waals surface area contributed by atoms with Crippen molar-refractivity contribution in [3.63, 3.8) is 0 Å². The zero-order valence-corrected chi connectivity index (χ0v) is 22.3. The van der Waals surface area contributed by atoms with E-state index in [1.165, 1.54) is 0 Å². The predicted molar refractivity (Wildman–Crippen MR) is 143 cm³/mol. The highest BCUT2D eigenvalue weighted by molar-refractivity contribution is 6.09. The number of carbonyl (C=O) groups excluding carboxylic acids is 2. The number of anilines is 1. The number of hydrogen-bond acceptors (Lipinski definition) is 7. The van der Waals surface area contributed by atoms with Crippen LogP contribution in [0.1, 0.15) is 63.9 Å². The minimum Gasteiger partial charge on any atom is -0.490 e. The summed E-state index contributed by atoms with van der Waals surface area (Å²) in [4.78, 5) is 31.9. The van der Waals surface area contributed by atoms with Gasteiger partial charge in [0.15, 0.2) is 5.65 Å². The number of rotatable bonds is 5. The lowest BCUT2D eigenvalue weighted by molar-refractivity contribution is 0.0185. The van der Waals surface area contributed by atoms with Crippen molar-refractivity contribution in [2.45, 2.75) is 65.2 Å². The van der Waals surface area contributed by atoms with Gasteiger partial charge in [0, 0.05) is 43.1 Å². The maximum Gasteiger partial charge on any atom is 0.410 e. The number of nitrogens with zero attached hydrogens (tertiary/aromatic N) is 6. The van der Waals surface area contributed by atoms with Crippen LogP contribution >= 0.6 is 0 Å². The SMILES string of the molecule is CC(C)Oc1cc2nn(C3CCN(C(=O)OC(C)(C)C)CC3)cc2cc1C(=O)Nc1cnn2cccnc12. The van der Waals surface area contributed by atoms with Crippen LogP contribution in [0.4, 0.5) is 10.5 Å². The molecule has 1 N–H and O–H groups in total. The molecule has 200 valence electrons. The van der Waals surface area contributed by atoms with E-state index in [2.05, 4.69) is 15.4 Å². The summed E-state index contributed by atoms with van der Waals surface area (Å²) in [5.41, 5.74) is 1.69. The first-order valence-electron chi connectivity index (χ1n) is 12.8. The average Bonchev–Trinajstić information content (AvgIpc) is 3.46. The van der Waals surface area contributed by atoms with Crippen LogP contribution < -0.4 is 10.1 Å². The fraction of sp³-hybridized carbons (Fsp3) is 0.444. The van der Waals surface area contributed by atoms with E-state index in [9.17, 15) is 9.59 Å². The van der Waals surface area contributed by atoms with Crippen LogP contribution in [0.5, 0.6) is 5.75 Å². The molecule has 11 heteroatoms. The molecule has 3 aromatic heterocycles. The van der Waals surface area contributed by atoms with Gasteiger partial charge in [-0.3, -0.25) is 9.48 Å². The summed E-state index contributed by atoms with van der Waals surface area (Å²) in [5, 5.41) is 12.8. The number of likely N-dealkylation sites (tertiary alicyclic amines) is 1. The Morgan fingerprint density at radius 2 is 1.92 bits per heavy atom. The highest BCUT2D eigenvalue weighted by atomic mass is 16.6. The van der Waals surface area contributed by atoms with Crippen LogP contribution in [0.25, 0.3) is 16.6 Å². The van der Waals surface area contributed by atoms with E-state index in [1.54, 1.807) is 40.1 Å². The van der Waals surface area contributed by atoms with Crippen molar-refractivity contribution in [1.29, 1.82) is 0 Å². The zero-order valence-electron chi connectivity index (χ0n) is 22.3. The van der Waals surface area contributed by atoms with E-state index in [0.29, 0.717) is 35.7 Å². The predicted octanol–water partition coefficient (Wildman–Crippen LogP) is 4.69. The molecule has 1 fully saturated rings. The minimum absolute atomic E-state index is 0.128. The quantitative estimate of drug-likeness (QED) is 0.407. The Kier molecular flexibility index (Phi) is 6.68. The van der Waals surface area contributed by atoms with Gasteiger partial charge in [-0.15, -0.1) is 0 Å². The largest absolute Gasteiger partial charge is 0.490 e. The van der Waals surface area contributed by atoms with E-state index in [-0.39, 0.29) is 24.1 Å². The first kappa shape index (κ1) is 25.5. The summed E-state index contributed by atoms with van der Waals surface area (Å²) in [6.45, 7) is 10.6. The third kappa shape index (κ3) is 5.41. The van der Waals surface area contributed by atoms with Gasteiger partial charge in [-0.2, -0.15) is 10.2 Å². The number of aromatic nitrogens is 5. The van der Waals surface area contributed by atoms with Crippen LogP contribution in [-0.4, -0.2) is 66.1 Å². The normalized spacial score (nSPS) is 14.8. The molecule has 4 aromatic rings. The van der Waals surface area contributed by atoms with Gasteiger partial charge >= 0.3 is 6.09 Å². The van der Waals surface area contributed by atoms with E-state index in [4.69, 9.17) is 14.6 Å². The summed E-state index contributed by atoms with van der Waals surface area (Å²) < 4.78 is 15.1. The van der Waals surface area contributed by atoms with Crippen molar-refractivity contribution in [2.75, 3.05) is 18.4 Å². The van der Waals surface area contributed by atoms with Gasteiger partial charge in [-0.05, 0) is 59.6 Å². The summed E-state index contributed by atoms with van der Waals surface area (Å²) in [7, 11) is 0. The fourth-order valence-electron chi connectivity index (χ4n) is 4.53. The Morgan fingerprint density at radius 3 is 2.63 bits per heavy atom. The van der Waals surface area contributed by atoms with Crippen molar-refractivity contribution in [2.24, 2.45) is 0 Å². The molecule has 38 heavy (non-hydrogen) atoms. The molecule has 2 amide bonds. The van der Waals surface area contributed by atoms with E-state index in [1.807, 2.05) is 51.6 Å². The topological polar surface area (TPSA) is 116 Å². The van der Waals surface area contributed by atoms with Gasteiger partial charge < -0.3 is 19.7 Å². The van der Waals surface area contributed by atoms with Crippen molar-refractivity contribution in [1.82, 2.24) is 29.3 Å². The highest BCUT2D eigenvalue weighted by Gasteiger charge is 2.28. The minimum atomic E-state index is -0.519. The Bertz CT molecular complexity index is 1480. The molecule has 1 saturated heterocycles. The van der Waals surface area contributed by atoms with Gasteiger partial charge in [-0.1, -0.05) is 0 Å². The molecule has 0 bridgehead atoms. The lowest BCUT2D eigenvalue weighted by Gasteiger charge is -2.33. The van der Waals surface area contributed by atoms with Crippen LogP contribution in [0.2, 0.25) is 0 Å². The number of benzene rings is 1. The monoisotopic (exact) mass is 519 g/mol. The smallest absolute Gasteiger partial charge is 0.410 e. The van der Waals surface area contributed by atoms with Gasteiger partial charge in [-0.25, -0.2) is 14.3 Å². The summed E-state index contributed by atoms with van der Waals surface area (Å²) in [6.07, 6.45) is 8.06. The first-order valence-corrected chi connectivity index (χ1v) is 12.8. The molecule has 1 aromatic carbocycles. The number of nitrogens with one attached hydrogen (secondary N) is 1. The second-order valence-electron chi connectivity index (χ2n) is 10.8. The standard InChI is InChI=1S/C27H33N7O4/c1-17(2)37-23-14-21-18(13-20(23)25(35)30-22-15-29-33-10-6-9-28-24(22)33)16-34(31-21)19-7-11-32(12-8-19)26(36)38-27(3,4)5/h6,9-10,13-17,19H,7-8,11-12H2,1-5H3,(H,30,35). The van der Waals surface area contributed by atoms with Crippen LogP contribution in [-0.2, 0) is 4.74 Å². The zero-order chi connectivity index (χ0) is 27.0. The lowest BCUT2D eigenvalue weighted by Crippen LogP contribution is -2.42. The van der Waals surface area contributed by atoms with E-state index in [0.717, 1.165) is 23.7 Å². The Hall–Kier alpha value is -4.15. The maximum atomic E-state index is 13.4.